The Balaban J connectivity index is 1.57. The van der Waals surface area contributed by atoms with E-state index in [2.05, 4.69) is 5.32 Å². The zero-order valence-electron chi connectivity index (χ0n) is 18.3. The molecule has 0 saturated carbocycles. The number of piperidine rings is 1. The van der Waals surface area contributed by atoms with Crippen molar-refractivity contribution in [3.05, 3.63) is 59.1 Å². The standard InChI is InChI=1S/C23H28ClN3O4S/c1-3-27(4-2)32(30,31)19-11-9-18(10-12-19)25-22(28)17-13-15-26(16-14-17)23(29)20-7-5-6-8-21(20)24/h5-12,17H,3-4,13-16H2,1-2H3,(H,25,28). The minimum Gasteiger partial charge on any atom is -0.339 e. The molecule has 1 heterocycles. The Bertz CT molecular complexity index is 1060. The van der Waals surface area contributed by atoms with Gasteiger partial charge in [-0.15, -0.1) is 0 Å². The van der Waals surface area contributed by atoms with Crippen molar-refractivity contribution in [1.82, 2.24) is 9.21 Å². The van der Waals surface area contributed by atoms with Crippen LogP contribution in [0.15, 0.2) is 53.4 Å². The predicted octanol–water partition coefficient (Wildman–Crippen LogP) is 3.86. The molecule has 0 atom stereocenters. The van der Waals surface area contributed by atoms with E-state index in [0.29, 0.717) is 55.3 Å². The van der Waals surface area contributed by atoms with Crippen molar-refractivity contribution in [2.75, 3.05) is 31.5 Å². The molecule has 1 aliphatic heterocycles. The summed E-state index contributed by atoms with van der Waals surface area (Å²) in [4.78, 5) is 27.3. The number of nitrogens with zero attached hydrogens (tertiary/aromatic N) is 2. The quantitative estimate of drug-likeness (QED) is 0.656. The fourth-order valence-electron chi connectivity index (χ4n) is 3.82. The third-order valence-electron chi connectivity index (χ3n) is 5.72. The molecule has 1 fully saturated rings. The lowest BCUT2D eigenvalue weighted by atomic mass is 9.95. The van der Waals surface area contributed by atoms with Gasteiger partial charge in [-0.1, -0.05) is 37.6 Å². The van der Waals surface area contributed by atoms with Crippen molar-refractivity contribution >= 4 is 39.1 Å². The second kappa shape index (κ2) is 10.5. The number of halogens is 1. The Labute approximate surface area is 194 Å². The first-order chi connectivity index (χ1) is 15.3. The number of hydrogen-bond donors (Lipinski definition) is 1. The summed E-state index contributed by atoms with van der Waals surface area (Å²) in [6.07, 6.45) is 1.10. The maximum atomic E-state index is 12.7. The molecule has 0 unspecified atom stereocenters. The Morgan fingerprint density at radius 1 is 1.03 bits per heavy atom. The van der Waals surface area contributed by atoms with Crippen LogP contribution in [-0.2, 0) is 14.8 Å². The van der Waals surface area contributed by atoms with Crippen molar-refractivity contribution in [2.24, 2.45) is 5.92 Å². The van der Waals surface area contributed by atoms with Crippen LogP contribution in [0.5, 0.6) is 0 Å². The minimum atomic E-state index is -3.53. The van der Waals surface area contributed by atoms with Crippen LogP contribution in [0.4, 0.5) is 5.69 Å². The van der Waals surface area contributed by atoms with Crippen molar-refractivity contribution < 1.29 is 18.0 Å². The average Bonchev–Trinajstić information content (AvgIpc) is 2.80. The summed E-state index contributed by atoms with van der Waals surface area (Å²) in [6.45, 7) is 5.34. The lowest BCUT2D eigenvalue weighted by molar-refractivity contribution is -0.121. The number of likely N-dealkylation sites (tertiary alicyclic amines) is 1. The highest BCUT2D eigenvalue weighted by Crippen LogP contribution is 2.24. The number of anilines is 1. The highest BCUT2D eigenvalue weighted by molar-refractivity contribution is 7.89. The number of hydrogen-bond acceptors (Lipinski definition) is 4. The fourth-order valence-corrected chi connectivity index (χ4v) is 5.49. The van der Waals surface area contributed by atoms with Crippen LogP contribution >= 0.6 is 11.6 Å². The zero-order chi connectivity index (χ0) is 23.3. The maximum Gasteiger partial charge on any atom is 0.255 e. The molecule has 0 bridgehead atoms. The molecule has 1 saturated heterocycles. The van der Waals surface area contributed by atoms with Crippen LogP contribution in [0, 0.1) is 5.92 Å². The molecule has 32 heavy (non-hydrogen) atoms. The van der Waals surface area contributed by atoms with Crippen molar-refractivity contribution in [1.29, 1.82) is 0 Å². The zero-order valence-corrected chi connectivity index (χ0v) is 19.8. The van der Waals surface area contributed by atoms with Gasteiger partial charge in [0.05, 0.1) is 15.5 Å². The molecular formula is C23H28ClN3O4S. The number of sulfonamides is 1. The van der Waals surface area contributed by atoms with Gasteiger partial charge in [0.25, 0.3) is 5.91 Å². The van der Waals surface area contributed by atoms with Gasteiger partial charge in [-0.3, -0.25) is 9.59 Å². The molecule has 1 N–H and O–H groups in total. The first kappa shape index (κ1) is 24.2. The number of benzene rings is 2. The van der Waals surface area contributed by atoms with Crippen LogP contribution in [-0.4, -0.2) is 55.6 Å². The monoisotopic (exact) mass is 477 g/mol. The highest BCUT2D eigenvalue weighted by Gasteiger charge is 2.29. The summed E-state index contributed by atoms with van der Waals surface area (Å²) in [5.41, 5.74) is 1.01. The second-order valence-electron chi connectivity index (χ2n) is 7.65. The normalized spacial score (nSPS) is 15.1. The molecule has 0 radical (unpaired) electrons. The summed E-state index contributed by atoms with van der Waals surface area (Å²) in [7, 11) is -3.53. The van der Waals surface area contributed by atoms with Crippen molar-refractivity contribution in [2.45, 2.75) is 31.6 Å². The molecule has 9 heteroatoms. The van der Waals surface area contributed by atoms with E-state index >= 15 is 0 Å². The number of amides is 2. The van der Waals surface area contributed by atoms with E-state index in [1.807, 2.05) is 0 Å². The molecule has 0 aliphatic carbocycles. The lowest BCUT2D eigenvalue weighted by Crippen LogP contribution is -2.41. The molecule has 172 valence electrons. The fraction of sp³-hybridized carbons (Fsp3) is 0.391. The van der Waals surface area contributed by atoms with E-state index in [1.54, 1.807) is 55.1 Å². The Morgan fingerprint density at radius 2 is 1.62 bits per heavy atom. The third-order valence-corrected chi connectivity index (χ3v) is 8.12. The SMILES string of the molecule is CCN(CC)S(=O)(=O)c1ccc(NC(=O)C2CCN(C(=O)c3ccccc3Cl)CC2)cc1. The van der Waals surface area contributed by atoms with Crippen LogP contribution in [0.1, 0.15) is 37.0 Å². The largest absolute Gasteiger partial charge is 0.339 e. The Kier molecular flexibility index (Phi) is 7.92. The predicted molar refractivity (Wildman–Crippen MR) is 125 cm³/mol. The smallest absolute Gasteiger partial charge is 0.255 e. The van der Waals surface area contributed by atoms with E-state index < -0.39 is 10.0 Å². The molecule has 0 aromatic heterocycles. The minimum absolute atomic E-state index is 0.126. The summed E-state index contributed by atoms with van der Waals surface area (Å²) < 4.78 is 26.6. The van der Waals surface area contributed by atoms with Crippen molar-refractivity contribution in [3.8, 4) is 0 Å². The van der Waals surface area contributed by atoms with Gasteiger partial charge in [0.1, 0.15) is 0 Å². The number of carbonyl (C=O) groups is 2. The van der Waals surface area contributed by atoms with Crippen LogP contribution in [0.3, 0.4) is 0 Å². The van der Waals surface area contributed by atoms with E-state index in [-0.39, 0.29) is 22.6 Å². The van der Waals surface area contributed by atoms with Gasteiger partial charge in [0.2, 0.25) is 15.9 Å². The summed E-state index contributed by atoms with van der Waals surface area (Å²) >= 11 is 6.13. The molecule has 1 aliphatic rings. The van der Waals surface area contributed by atoms with Gasteiger partial charge in [-0.25, -0.2) is 8.42 Å². The van der Waals surface area contributed by atoms with E-state index in [9.17, 15) is 18.0 Å². The van der Waals surface area contributed by atoms with E-state index in [0.717, 1.165) is 0 Å². The van der Waals surface area contributed by atoms with Gasteiger partial charge in [0.15, 0.2) is 0 Å². The maximum absolute atomic E-state index is 12.7. The molecule has 7 nitrogen and oxygen atoms in total. The molecule has 0 spiro atoms. The van der Waals surface area contributed by atoms with Crippen molar-refractivity contribution in [3.63, 3.8) is 0 Å². The summed E-state index contributed by atoms with van der Waals surface area (Å²) in [5, 5.41) is 3.28. The molecule has 2 aromatic carbocycles. The van der Waals surface area contributed by atoms with Gasteiger partial charge in [-0.2, -0.15) is 4.31 Å². The highest BCUT2D eigenvalue weighted by atomic mass is 35.5. The summed E-state index contributed by atoms with van der Waals surface area (Å²) in [6, 6.07) is 13.2. The first-order valence-corrected chi connectivity index (χ1v) is 12.5. The lowest BCUT2D eigenvalue weighted by Gasteiger charge is -2.31. The topological polar surface area (TPSA) is 86.8 Å². The van der Waals surface area contributed by atoms with Gasteiger partial charge in [-0.05, 0) is 49.2 Å². The first-order valence-electron chi connectivity index (χ1n) is 10.7. The average molecular weight is 478 g/mol. The summed E-state index contributed by atoms with van der Waals surface area (Å²) in [5.74, 6) is -0.474. The second-order valence-corrected chi connectivity index (χ2v) is 9.99. The number of nitrogens with one attached hydrogen (secondary N) is 1. The third kappa shape index (κ3) is 5.31. The van der Waals surface area contributed by atoms with Gasteiger partial charge < -0.3 is 10.2 Å². The molecule has 2 amide bonds. The molecule has 3 rings (SSSR count). The van der Waals surface area contributed by atoms with Crippen LogP contribution in [0.2, 0.25) is 5.02 Å². The number of carbonyl (C=O) groups excluding carboxylic acids is 2. The Morgan fingerprint density at radius 3 is 2.19 bits per heavy atom. The molecular weight excluding hydrogens is 450 g/mol. The van der Waals surface area contributed by atoms with Crippen LogP contribution < -0.4 is 5.32 Å². The van der Waals surface area contributed by atoms with Gasteiger partial charge in [0, 0.05) is 37.8 Å². The number of rotatable bonds is 7. The van der Waals surface area contributed by atoms with Gasteiger partial charge >= 0.3 is 0 Å². The van der Waals surface area contributed by atoms with Crippen LogP contribution in [0.25, 0.3) is 0 Å². The Hall–Kier alpha value is -2.42. The van der Waals surface area contributed by atoms with E-state index in [4.69, 9.17) is 11.6 Å². The van der Waals surface area contributed by atoms with E-state index in [1.165, 1.54) is 16.4 Å². The molecule has 2 aromatic rings.